The van der Waals surface area contributed by atoms with Crippen LogP contribution in [0.1, 0.15) is 28.8 Å². The third-order valence-electron chi connectivity index (χ3n) is 3.73. The molecule has 10 heteroatoms. The molecule has 2 rings (SSSR count). The highest BCUT2D eigenvalue weighted by atomic mass is 19.4. The first-order valence-electron chi connectivity index (χ1n) is 8.50. The van der Waals surface area contributed by atoms with Gasteiger partial charge in [-0.25, -0.2) is 4.79 Å². The van der Waals surface area contributed by atoms with Crippen molar-refractivity contribution in [3.63, 3.8) is 0 Å². The Hall–Kier alpha value is -3.56. The summed E-state index contributed by atoms with van der Waals surface area (Å²) in [6, 6.07) is 9.26. The summed E-state index contributed by atoms with van der Waals surface area (Å²) in [6.07, 6.45) is -4.19. The number of urea groups is 1. The number of anilines is 2. The van der Waals surface area contributed by atoms with Crippen LogP contribution in [0.3, 0.4) is 0 Å². The van der Waals surface area contributed by atoms with Gasteiger partial charge < -0.3 is 21.1 Å². The number of nitrogens with one attached hydrogen (secondary N) is 3. The van der Waals surface area contributed by atoms with E-state index in [2.05, 4.69) is 16.0 Å². The Kier molecular flexibility index (Phi) is 7.18. The molecule has 29 heavy (non-hydrogen) atoms. The maximum absolute atomic E-state index is 12.5. The highest BCUT2D eigenvalue weighted by Gasteiger charge is 2.29. The van der Waals surface area contributed by atoms with E-state index in [4.69, 9.17) is 5.11 Å². The Labute approximate surface area is 163 Å². The number of carbonyl (C=O) groups excluding carboxylic acids is 2. The average molecular weight is 409 g/mol. The summed E-state index contributed by atoms with van der Waals surface area (Å²) >= 11 is 0. The first-order valence-corrected chi connectivity index (χ1v) is 8.50. The van der Waals surface area contributed by atoms with Crippen LogP contribution in [0.25, 0.3) is 0 Å². The van der Waals surface area contributed by atoms with Crippen LogP contribution >= 0.6 is 0 Å². The molecule has 0 saturated heterocycles. The van der Waals surface area contributed by atoms with Gasteiger partial charge in [-0.15, -0.1) is 0 Å². The van der Waals surface area contributed by atoms with Gasteiger partial charge >= 0.3 is 18.2 Å². The van der Waals surface area contributed by atoms with Gasteiger partial charge in [0.25, 0.3) is 5.91 Å². The normalized spacial score (nSPS) is 10.9. The van der Waals surface area contributed by atoms with Gasteiger partial charge in [0, 0.05) is 29.9 Å². The maximum Gasteiger partial charge on any atom is 0.416 e. The molecule has 2 aromatic rings. The number of rotatable bonds is 7. The molecule has 0 spiro atoms. The number of hydrogen-bond acceptors (Lipinski definition) is 3. The van der Waals surface area contributed by atoms with Crippen LogP contribution in [0.4, 0.5) is 29.3 Å². The van der Waals surface area contributed by atoms with Crippen LogP contribution in [0.5, 0.6) is 0 Å². The van der Waals surface area contributed by atoms with Gasteiger partial charge in [-0.1, -0.05) is 0 Å². The average Bonchev–Trinajstić information content (AvgIpc) is 2.65. The molecule has 0 radical (unpaired) electrons. The molecule has 7 nitrogen and oxygen atoms in total. The molecule has 0 unspecified atom stereocenters. The van der Waals surface area contributed by atoms with Crippen LogP contribution < -0.4 is 16.0 Å². The Morgan fingerprint density at radius 1 is 0.862 bits per heavy atom. The van der Waals surface area contributed by atoms with Crippen molar-refractivity contribution in [2.45, 2.75) is 19.0 Å². The Morgan fingerprint density at radius 3 is 1.86 bits per heavy atom. The first-order chi connectivity index (χ1) is 13.6. The lowest BCUT2D eigenvalue weighted by Crippen LogP contribution is -2.25. The maximum atomic E-state index is 12.5. The topological polar surface area (TPSA) is 108 Å². The van der Waals surface area contributed by atoms with Gasteiger partial charge in [-0.3, -0.25) is 9.59 Å². The van der Waals surface area contributed by atoms with Crippen molar-refractivity contribution >= 4 is 29.3 Å². The van der Waals surface area contributed by atoms with Gasteiger partial charge in [0.15, 0.2) is 0 Å². The fraction of sp³-hybridized carbons (Fsp3) is 0.211. The van der Waals surface area contributed by atoms with Crippen molar-refractivity contribution in [3.05, 3.63) is 59.7 Å². The van der Waals surface area contributed by atoms with Crippen molar-refractivity contribution in [2.24, 2.45) is 0 Å². The smallest absolute Gasteiger partial charge is 0.416 e. The summed E-state index contributed by atoms with van der Waals surface area (Å²) in [5.74, 6) is -1.32. The van der Waals surface area contributed by atoms with Crippen LogP contribution in [0.2, 0.25) is 0 Å². The number of carboxylic acid groups (broad SMARTS) is 1. The zero-order valence-electron chi connectivity index (χ0n) is 15.0. The van der Waals surface area contributed by atoms with Crippen molar-refractivity contribution in [1.82, 2.24) is 5.32 Å². The predicted molar refractivity (Wildman–Crippen MR) is 99.7 cm³/mol. The van der Waals surface area contributed by atoms with Crippen molar-refractivity contribution in [2.75, 3.05) is 17.2 Å². The van der Waals surface area contributed by atoms with E-state index in [0.717, 1.165) is 24.3 Å². The van der Waals surface area contributed by atoms with Gasteiger partial charge in [0.2, 0.25) is 0 Å². The molecule has 0 aliphatic rings. The number of benzene rings is 2. The summed E-state index contributed by atoms with van der Waals surface area (Å²) < 4.78 is 37.6. The van der Waals surface area contributed by atoms with Gasteiger partial charge in [-0.2, -0.15) is 13.2 Å². The standard InChI is InChI=1S/C19H18F3N3O4/c20-19(21,22)13-5-9-15(10-6-13)25-18(29)24-14-7-3-12(4-8-14)17(28)23-11-1-2-16(26)27/h3-10H,1-2,11H2,(H,23,28)(H,26,27)(H2,24,25,29). The first kappa shape index (κ1) is 21.7. The van der Waals surface area contributed by atoms with Crippen molar-refractivity contribution in [1.29, 1.82) is 0 Å². The fourth-order valence-corrected chi connectivity index (χ4v) is 2.28. The van der Waals surface area contributed by atoms with E-state index < -0.39 is 23.7 Å². The number of halogens is 3. The molecule has 0 bridgehead atoms. The van der Waals surface area contributed by atoms with E-state index in [9.17, 15) is 27.6 Å². The number of carboxylic acids is 1. The number of amides is 3. The zero-order chi connectivity index (χ0) is 21.4. The minimum atomic E-state index is -4.45. The second-order valence-corrected chi connectivity index (χ2v) is 5.98. The summed E-state index contributed by atoms with van der Waals surface area (Å²) in [5, 5.41) is 16.0. The third kappa shape index (κ3) is 7.17. The molecule has 4 N–H and O–H groups in total. The van der Waals surface area contributed by atoms with Crippen LogP contribution in [0, 0.1) is 0 Å². The van der Waals surface area contributed by atoms with E-state index in [1.54, 1.807) is 0 Å². The van der Waals surface area contributed by atoms with Gasteiger partial charge in [-0.05, 0) is 55.0 Å². The van der Waals surface area contributed by atoms with Crippen molar-refractivity contribution < 1.29 is 32.7 Å². The Bertz CT molecular complexity index is 866. The number of alkyl halides is 3. The molecule has 3 amide bonds. The SMILES string of the molecule is O=C(O)CCCNC(=O)c1ccc(NC(=O)Nc2ccc(C(F)(F)F)cc2)cc1. The zero-order valence-corrected chi connectivity index (χ0v) is 15.0. The molecular weight excluding hydrogens is 391 g/mol. The molecule has 0 heterocycles. The lowest BCUT2D eigenvalue weighted by molar-refractivity contribution is -0.138. The molecule has 0 aliphatic heterocycles. The molecule has 0 atom stereocenters. The lowest BCUT2D eigenvalue weighted by Gasteiger charge is -2.10. The van der Waals surface area contributed by atoms with E-state index >= 15 is 0 Å². The Morgan fingerprint density at radius 2 is 1.38 bits per heavy atom. The van der Waals surface area contributed by atoms with Crippen LogP contribution in [0.15, 0.2) is 48.5 Å². The molecular formula is C19H18F3N3O4. The summed E-state index contributed by atoms with van der Waals surface area (Å²) in [7, 11) is 0. The molecule has 0 aliphatic carbocycles. The molecule has 154 valence electrons. The highest BCUT2D eigenvalue weighted by Crippen LogP contribution is 2.29. The van der Waals surface area contributed by atoms with E-state index in [1.807, 2.05) is 0 Å². The van der Waals surface area contributed by atoms with Gasteiger partial charge in [0.05, 0.1) is 5.56 Å². The molecule has 0 aromatic heterocycles. The molecule has 0 saturated carbocycles. The quantitative estimate of drug-likeness (QED) is 0.520. The van der Waals surface area contributed by atoms with E-state index in [1.165, 1.54) is 24.3 Å². The Balaban J connectivity index is 1.85. The number of carbonyl (C=O) groups is 3. The van der Waals surface area contributed by atoms with Crippen LogP contribution in [-0.2, 0) is 11.0 Å². The molecule has 0 fully saturated rings. The lowest BCUT2D eigenvalue weighted by atomic mass is 10.2. The van der Waals surface area contributed by atoms with Crippen molar-refractivity contribution in [3.8, 4) is 0 Å². The largest absolute Gasteiger partial charge is 0.481 e. The third-order valence-corrected chi connectivity index (χ3v) is 3.73. The summed E-state index contributed by atoms with van der Waals surface area (Å²) in [4.78, 5) is 34.3. The predicted octanol–water partition coefficient (Wildman–Crippen LogP) is 3.94. The second kappa shape index (κ2) is 9.58. The fourth-order valence-electron chi connectivity index (χ4n) is 2.28. The van der Waals surface area contributed by atoms with E-state index in [-0.39, 0.29) is 24.6 Å². The minimum Gasteiger partial charge on any atom is -0.481 e. The minimum absolute atomic E-state index is 0.0445. The number of aliphatic carboxylic acids is 1. The summed E-state index contributed by atoms with van der Waals surface area (Å²) in [5.41, 5.74) is 0.0685. The molecule has 2 aromatic carbocycles. The van der Waals surface area contributed by atoms with Gasteiger partial charge in [0.1, 0.15) is 0 Å². The highest BCUT2D eigenvalue weighted by molar-refractivity contribution is 6.00. The van der Waals surface area contributed by atoms with Crippen LogP contribution in [-0.4, -0.2) is 29.6 Å². The monoisotopic (exact) mass is 409 g/mol. The summed E-state index contributed by atoms with van der Waals surface area (Å²) in [6.45, 7) is 0.223. The van der Waals surface area contributed by atoms with E-state index in [0.29, 0.717) is 17.7 Å². The number of hydrogen-bond donors (Lipinski definition) is 4. The second-order valence-electron chi connectivity index (χ2n) is 5.98.